The number of hydrogen-bond acceptors (Lipinski definition) is 2. The van der Waals surface area contributed by atoms with Crippen molar-refractivity contribution in [2.45, 2.75) is 40.5 Å². The minimum Gasteiger partial charge on any atom is -1.00 e. The van der Waals surface area contributed by atoms with Crippen molar-refractivity contribution in [3.63, 3.8) is 0 Å². The van der Waals surface area contributed by atoms with Crippen LogP contribution in [0, 0.1) is 0 Å². The van der Waals surface area contributed by atoms with E-state index in [0.29, 0.717) is 25.9 Å². The fraction of sp³-hybridized carbons (Fsp3) is 0.800. The first-order valence-electron chi connectivity index (χ1n) is 5.02. The maximum Gasteiger partial charge on any atom is 4.00 e. The monoisotopic (exact) mass is 328 g/mol. The quantitative estimate of drug-likeness (QED) is 0.541. The zero-order valence-corrected chi connectivity index (χ0v) is 13.3. The molecule has 0 aromatic heterocycles. The van der Waals surface area contributed by atoms with Crippen molar-refractivity contribution in [3.05, 3.63) is 10.6 Å². The first kappa shape index (κ1) is 30.1. The summed E-state index contributed by atoms with van der Waals surface area (Å²) in [6.07, 6.45) is 1.07. The Kier molecular flexibility index (Phi) is 43.8. The molecule has 0 bridgehead atoms. The van der Waals surface area contributed by atoms with E-state index >= 15 is 0 Å². The van der Waals surface area contributed by atoms with Gasteiger partial charge in [0.25, 0.3) is 0 Å². The second kappa shape index (κ2) is 24.8. The van der Waals surface area contributed by atoms with Crippen molar-refractivity contribution < 1.29 is 45.2 Å². The number of nitrogens with zero attached hydrogens (tertiary/aromatic N) is 2. The van der Waals surface area contributed by atoms with E-state index in [0.717, 1.165) is 0 Å². The fourth-order valence-electron chi connectivity index (χ4n) is 0.576. The van der Waals surface area contributed by atoms with Gasteiger partial charge in [0.05, 0.1) is 11.8 Å². The summed E-state index contributed by atoms with van der Waals surface area (Å²) in [7, 11) is 0. The Morgan fingerprint density at radius 2 is 1.00 bits per heavy atom. The maximum absolute atomic E-state index is 10.2. The van der Waals surface area contributed by atoms with Crippen LogP contribution in [0.2, 0.25) is 0 Å². The van der Waals surface area contributed by atoms with E-state index in [-0.39, 0.29) is 47.4 Å². The van der Waals surface area contributed by atoms with Gasteiger partial charge in [-0.25, -0.2) is 0 Å². The van der Waals surface area contributed by atoms with Crippen molar-refractivity contribution in [1.82, 2.24) is 0 Å². The second-order valence-electron chi connectivity index (χ2n) is 2.44. The van der Waals surface area contributed by atoms with Crippen molar-refractivity contribution in [1.29, 1.82) is 0 Å². The smallest absolute Gasteiger partial charge is 1.00 e. The standard InChI is InChI=1S/2C5H11NO.2FH.Zr/c2*1-3-5(7)6-4-2;;;/h2*3-4H2,1-2H3,(H,6,7);2*1H;/q;;;;+4/p-4. The zero-order chi connectivity index (χ0) is 11.4. The van der Waals surface area contributed by atoms with Gasteiger partial charge in [0.1, 0.15) is 0 Å². The van der Waals surface area contributed by atoms with Gasteiger partial charge in [0.2, 0.25) is 0 Å². The summed E-state index contributed by atoms with van der Waals surface area (Å²) in [6, 6.07) is 0. The van der Waals surface area contributed by atoms with Crippen LogP contribution in [-0.4, -0.2) is 24.9 Å². The average molecular weight is 330 g/mol. The summed E-state index contributed by atoms with van der Waals surface area (Å²) < 4.78 is 0. The Morgan fingerprint density at radius 3 is 1.06 bits per heavy atom. The van der Waals surface area contributed by atoms with E-state index in [9.17, 15) is 9.59 Å². The summed E-state index contributed by atoms with van der Waals surface area (Å²) in [5.74, 6) is 0.00463. The summed E-state index contributed by atoms with van der Waals surface area (Å²) in [5, 5.41) is 7.21. The number of halogens is 2. The third kappa shape index (κ3) is 31.3. The molecule has 0 aliphatic rings. The van der Waals surface area contributed by atoms with Gasteiger partial charge in [0.15, 0.2) is 0 Å². The molecule has 0 fully saturated rings. The first-order chi connectivity index (χ1) is 6.62. The van der Waals surface area contributed by atoms with Crippen LogP contribution >= 0.6 is 0 Å². The van der Waals surface area contributed by atoms with Gasteiger partial charge < -0.3 is 29.6 Å². The van der Waals surface area contributed by atoms with Gasteiger partial charge in [-0.15, -0.1) is 13.1 Å². The van der Waals surface area contributed by atoms with Gasteiger partial charge in [-0.05, 0) is 12.8 Å². The topological polar surface area (TPSA) is 62.3 Å². The molecule has 2 amide bonds. The second-order valence-corrected chi connectivity index (χ2v) is 2.44. The van der Waals surface area contributed by atoms with Gasteiger partial charge in [0, 0.05) is 0 Å². The predicted molar refractivity (Wildman–Crippen MR) is 58.4 cm³/mol. The molecule has 0 aliphatic carbocycles. The molecular weight excluding hydrogens is 309 g/mol. The molecule has 0 N–H and O–H groups in total. The molecule has 0 aliphatic heterocycles. The molecule has 0 aromatic rings. The molecule has 0 aromatic carbocycles. The van der Waals surface area contributed by atoms with E-state index < -0.39 is 0 Å². The molecule has 0 rings (SSSR count). The van der Waals surface area contributed by atoms with Crippen LogP contribution in [-0.2, 0) is 35.8 Å². The molecule has 0 atom stereocenters. The Balaban J connectivity index is -0.0000000480. The van der Waals surface area contributed by atoms with Gasteiger partial charge in [-0.1, -0.05) is 27.7 Å². The van der Waals surface area contributed by atoms with Gasteiger partial charge in [-0.2, -0.15) is 0 Å². The van der Waals surface area contributed by atoms with E-state index in [1.165, 1.54) is 0 Å². The normalized spacial score (nSPS) is 6.82. The summed E-state index contributed by atoms with van der Waals surface area (Å²) in [6.45, 7) is 8.56. The van der Waals surface area contributed by atoms with Crippen molar-refractivity contribution in [3.8, 4) is 0 Å². The zero-order valence-electron chi connectivity index (χ0n) is 10.8. The van der Waals surface area contributed by atoms with Crippen LogP contribution in [0.25, 0.3) is 10.6 Å². The van der Waals surface area contributed by atoms with E-state index in [1.807, 2.05) is 27.7 Å². The van der Waals surface area contributed by atoms with Gasteiger partial charge >= 0.3 is 26.2 Å². The number of carbonyl (C=O) groups is 2. The molecule has 0 unspecified atom stereocenters. The Labute approximate surface area is 121 Å². The molecule has 7 heteroatoms. The van der Waals surface area contributed by atoms with Crippen LogP contribution in [0.4, 0.5) is 0 Å². The van der Waals surface area contributed by atoms with Crippen LogP contribution in [0.15, 0.2) is 0 Å². The summed E-state index contributed by atoms with van der Waals surface area (Å²) in [5.41, 5.74) is 0. The van der Waals surface area contributed by atoms with Crippen LogP contribution < -0.4 is 9.41 Å². The SMILES string of the molecule is CC[N-]C(=O)CC.CC[N-]C(=O)CC.[F-].[F-].[Zr+4]. The van der Waals surface area contributed by atoms with Crippen molar-refractivity contribution >= 4 is 11.8 Å². The molecule has 0 saturated carbocycles. The fourth-order valence-corrected chi connectivity index (χ4v) is 0.576. The minimum absolute atomic E-state index is 0. The number of carbonyl (C=O) groups excluding carboxylic acids is 2. The molecular formula is C10H20F2N2O2Zr. The van der Waals surface area contributed by atoms with E-state index in [4.69, 9.17) is 0 Å². The third-order valence-electron chi connectivity index (χ3n) is 1.27. The van der Waals surface area contributed by atoms with Crippen molar-refractivity contribution in [2.75, 3.05) is 13.1 Å². The molecule has 0 spiro atoms. The van der Waals surface area contributed by atoms with Crippen LogP contribution in [0.5, 0.6) is 0 Å². The van der Waals surface area contributed by atoms with Gasteiger partial charge in [-0.3, -0.25) is 0 Å². The number of amides is 2. The van der Waals surface area contributed by atoms with Crippen LogP contribution in [0.3, 0.4) is 0 Å². The summed E-state index contributed by atoms with van der Waals surface area (Å²) in [4.78, 5) is 20.5. The molecule has 100 valence electrons. The van der Waals surface area contributed by atoms with E-state index in [2.05, 4.69) is 10.6 Å². The number of hydrogen-bond donors (Lipinski definition) is 0. The first-order valence-corrected chi connectivity index (χ1v) is 5.02. The Hall–Kier alpha value is -0.317. The summed E-state index contributed by atoms with van der Waals surface area (Å²) >= 11 is 0. The minimum atomic E-state index is 0. The average Bonchev–Trinajstić information content (AvgIpc) is 2.19. The van der Waals surface area contributed by atoms with Crippen LogP contribution in [0.1, 0.15) is 40.5 Å². The largest absolute Gasteiger partial charge is 4.00 e. The van der Waals surface area contributed by atoms with E-state index in [1.54, 1.807) is 0 Å². The van der Waals surface area contributed by atoms with Crippen molar-refractivity contribution in [2.24, 2.45) is 0 Å². The molecule has 17 heavy (non-hydrogen) atoms. The molecule has 0 heterocycles. The molecule has 4 nitrogen and oxygen atoms in total. The third-order valence-corrected chi connectivity index (χ3v) is 1.27. The molecule has 0 saturated heterocycles. The maximum atomic E-state index is 10.2. The Morgan fingerprint density at radius 1 is 0.765 bits per heavy atom. The predicted octanol–water partition coefficient (Wildman–Crippen LogP) is -3.36. The number of rotatable bonds is 4. The molecule has 0 radical (unpaired) electrons. The Bertz CT molecular complexity index is 154.